The quantitative estimate of drug-likeness (QED) is 0.598. The molecule has 4 rings (SSSR count). The highest BCUT2D eigenvalue weighted by molar-refractivity contribution is 5.75. The van der Waals surface area contributed by atoms with E-state index in [9.17, 15) is 0 Å². The molecule has 2 aliphatic rings. The highest BCUT2D eigenvalue weighted by Crippen LogP contribution is 2.46. The van der Waals surface area contributed by atoms with Crippen molar-refractivity contribution in [1.82, 2.24) is 9.97 Å². The smallest absolute Gasteiger partial charge is 0.225 e. The molecule has 1 aromatic heterocycles. The molecule has 2 heterocycles. The summed E-state index contributed by atoms with van der Waals surface area (Å²) in [5.41, 5.74) is 16.5. The van der Waals surface area contributed by atoms with E-state index in [2.05, 4.69) is 60.8 Å². The van der Waals surface area contributed by atoms with Gasteiger partial charge in [-0.25, -0.2) is 9.97 Å². The van der Waals surface area contributed by atoms with Crippen LogP contribution in [0.1, 0.15) is 64.5 Å². The average molecular weight is 407 g/mol. The summed E-state index contributed by atoms with van der Waals surface area (Å²) < 4.78 is 0. The third-order valence-electron chi connectivity index (χ3n) is 6.87. The highest BCUT2D eigenvalue weighted by atomic mass is 15.3. The molecule has 0 atom stereocenters. The second kappa shape index (κ2) is 7.56. The number of guanidine groups is 1. The fourth-order valence-corrected chi connectivity index (χ4v) is 4.82. The van der Waals surface area contributed by atoms with Gasteiger partial charge < -0.3 is 16.4 Å². The Labute approximate surface area is 179 Å². The monoisotopic (exact) mass is 406 g/mol. The Bertz CT molecular complexity index is 950. The zero-order valence-electron chi connectivity index (χ0n) is 18.7. The fourth-order valence-electron chi connectivity index (χ4n) is 4.82. The first-order chi connectivity index (χ1) is 14.2. The Hall–Kier alpha value is -2.63. The molecular formula is C24H34N6. The zero-order chi connectivity index (χ0) is 21.5. The number of aromatic nitrogens is 2. The minimum Gasteiger partial charge on any atom is -0.370 e. The van der Waals surface area contributed by atoms with Crippen LogP contribution >= 0.6 is 0 Å². The van der Waals surface area contributed by atoms with Gasteiger partial charge in [0.05, 0.1) is 11.7 Å². The van der Waals surface area contributed by atoms with Crippen LogP contribution in [0.4, 0.5) is 5.95 Å². The van der Waals surface area contributed by atoms with E-state index in [4.69, 9.17) is 16.5 Å². The molecular weight excluding hydrogens is 372 g/mol. The summed E-state index contributed by atoms with van der Waals surface area (Å²) in [6.07, 6.45) is 6.12. The molecule has 0 amide bonds. The Morgan fingerprint density at radius 3 is 2.33 bits per heavy atom. The number of piperidine rings is 1. The van der Waals surface area contributed by atoms with E-state index in [1.807, 2.05) is 12.3 Å². The Morgan fingerprint density at radius 1 is 1.00 bits per heavy atom. The molecule has 1 aromatic carbocycles. The van der Waals surface area contributed by atoms with Crippen LogP contribution < -0.4 is 16.4 Å². The van der Waals surface area contributed by atoms with Crippen molar-refractivity contribution in [2.75, 3.05) is 18.0 Å². The van der Waals surface area contributed by atoms with Gasteiger partial charge in [0.15, 0.2) is 5.96 Å². The summed E-state index contributed by atoms with van der Waals surface area (Å²) in [5.74, 6) is 0.957. The Kier molecular flexibility index (Phi) is 5.20. The summed E-state index contributed by atoms with van der Waals surface area (Å²) >= 11 is 0. The normalized spacial score (nSPS) is 20.5. The molecule has 30 heavy (non-hydrogen) atoms. The number of anilines is 1. The van der Waals surface area contributed by atoms with E-state index in [-0.39, 0.29) is 22.8 Å². The van der Waals surface area contributed by atoms with Crippen molar-refractivity contribution in [3.05, 3.63) is 41.6 Å². The molecule has 4 N–H and O–H groups in total. The first kappa shape index (κ1) is 20.6. The van der Waals surface area contributed by atoms with Crippen LogP contribution in [0.15, 0.2) is 35.5 Å². The maximum absolute atomic E-state index is 5.53. The molecule has 6 heteroatoms. The Morgan fingerprint density at radius 2 is 1.67 bits per heavy atom. The van der Waals surface area contributed by atoms with Gasteiger partial charge in [-0.3, -0.25) is 4.99 Å². The van der Waals surface area contributed by atoms with Crippen LogP contribution in [0.3, 0.4) is 0 Å². The molecule has 0 saturated carbocycles. The standard InChI is InChI=1S/C24H34N6/c1-23(2)10-11-24(3,4)19-15-16(5-6-18(19)23)20-7-12-27-22(29-20)30-13-8-17(9-14-30)28-21(25)26/h5-7,12,15,17H,8-11,13-14H2,1-4H3,(H4,25,26,28). The molecule has 6 nitrogen and oxygen atoms in total. The zero-order valence-corrected chi connectivity index (χ0v) is 18.7. The summed E-state index contributed by atoms with van der Waals surface area (Å²) in [6.45, 7) is 11.1. The van der Waals surface area contributed by atoms with Crippen molar-refractivity contribution in [2.24, 2.45) is 16.5 Å². The van der Waals surface area contributed by atoms with Gasteiger partial charge in [-0.2, -0.15) is 0 Å². The molecule has 1 aliphatic carbocycles. The third kappa shape index (κ3) is 4.00. The van der Waals surface area contributed by atoms with E-state index in [0.717, 1.165) is 37.6 Å². The van der Waals surface area contributed by atoms with Crippen molar-refractivity contribution in [1.29, 1.82) is 0 Å². The van der Waals surface area contributed by atoms with Crippen molar-refractivity contribution in [3.8, 4) is 11.3 Å². The number of hydrogen-bond acceptors (Lipinski definition) is 4. The van der Waals surface area contributed by atoms with E-state index in [1.165, 1.54) is 29.5 Å². The Balaban J connectivity index is 1.60. The number of nitrogens with zero attached hydrogens (tertiary/aromatic N) is 4. The minimum atomic E-state index is 0.171. The molecule has 160 valence electrons. The van der Waals surface area contributed by atoms with E-state index >= 15 is 0 Å². The van der Waals surface area contributed by atoms with Gasteiger partial charge in [-0.05, 0) is 59.8 Å². The summed E-state index contributed by atoms with van der Waals surface area (Å²) in [6, 6.07) is 9.10. The maximum Gasteiger partial charge on any atom is 0.225 e. The molecule has 0 radical (unpaired) electrons. The lowest BCUT2D eigenvalue weighted by atomic mass is 9.63. The second-order valence-corrected chi connectivity index (χ2v) is 10.0. The van der Waals surface area contributed by atoms with Crippen molar-refractivity contribution < 1.29 is 0 Å². The van der Waals surface area contributed by atoms with Gasteiger partial charge >= 0.3 is 0 Å². The number of aliphatic imine (C=N–C) groups is 1. The van der Waals surface area contributed by atoms with Gasteiger partial charge in [-0.1, -0.05) is 39.8 Å². The molecule has 2 aromatic rings. The topological polar surface area (TPSA) is 93.4 Å². The number of rotatable bonds is 3. The number of nitrogens with two attached hydrogens (primary N) is 2. The molecule has 0 spiro atoms. The average Bonchev–Trinajstić information content (AvgIpc) is 2.71. The molecule has 0 unspecified atom stereocenters. The summed E-state index contributed by atoms with van der Waals surface area (Å²) in [4.78, 5) is 16.0. The number of benzene rings is 1. The van der Waals surface area contributed by atoms with Crippen LogP contribution in [-0.2, 0) is 10.8 Å². The van der Waals surface area contributed by atoms with E-state index in [0.29, 0.717) is 0 Å². The van der Waals surface area contributed by atoms with Crippen molar-refractivity contribution in [3.63, 3.8) is 0 Å². The van der Waals surface area contributed by atoms with Crippen molar-refractivity contribution in [2.45, 2.75) is 70.3 Å². The van der Waals surface area contributed by atoms with Gasteiger partial charge in [0.2, 0.25) is 5.95 Å². The molecule has 1 saturated heterocycles. The first-order valence-electron chi connectivity index (χ1n) is 11.0. The highest BCUT2D eigenvalue weighted by Gasteiger charge is 2.37. The summed E-state index contributed by atoms with van der Waals surface area (Å²) in [5, 5.41) is 0. The molecule has 0 bridgehead atoms. The lowest BCUT2D eigenvalue weighted by Crippen LogP contribution is -2.38. The van der Waals surface area contributed by atoms with Gasteiger partial charge in [-0.15, -0.1) is 0 Å². The van der Waals surface area contributed by atoms with Gasteiger partial charge in [0, 0.05) is 24.8 Å². The first-order valence-corrected chi connectivity index (χ1v) is 11.0. The predicted octanol–water partition coefficient (Wildman–Crippen LogP) is 3.73. The lowest BCUT2D eigenvalue weighted by molar-refractivity contribution is 0.332. The third-order valence-corrected chi connectivity index (χ3v) is 6.87. The second-order valence-electron chi connectivity index (χ2n) is 10.0. The largest absolute Gasteiger partial charge is 0.370 e. The van der Waals surface area contributed by atoms with Crippen LogP contribution in [-0.4, -0.2) is 35.1 Å². The van der Waals surface area contributed by atoms with E-state index in [1.54, 1.807) is 0 Å². The number of hydrogen-bond donors (Lipinski definition) is 2. The van der Waals surface area contributed by atoms with E-state index < -0.39 is 0 Å². The van der Waals surface area contributed by atoms with Crippen LogP contribution in [0.5, 0.6) is 0 Å². The van der Waals surface area contributed by atoms with Crippen LogP contribution in [0.25, 0.3) is 11.3 Å². The predicted molar refractivity (Wildman–Crippen MR) is 124 cm³/mol. The number of fused-ring (bicyclic) bond motifs is 1. The molecule has 1 fully saturated rings. The van der Waals surface area contributed by atoms with Crippen molar-refractivity contribution >= 4 is 11.9 Å². The molecule has 1 aliphatic heterocycles. The van der Waals surface area contributed by atoms with Crippen LogP contribution in [0, 0.1) is 0 Å². The summed E-state index contributed by atoms with van der Waals surface area (Å²) in [7, 11) is 0. The SMILES string of the molecule is CC1(C)CCC(C)(C)c2cc(-c3ccnc(N4CCC(N=C(N)N)CC4)n3)ccc21. The van der Waals surface area contributed by atoms with Gasteiger partial charge in [0.1, 0.15) is 0 Å². The fraction of sp³-hybridized carbons (Fsp3) is 0.542. The maximum atomic E-state index is 5.53. The lowest BCUT2D eigenvalue weighted by Gasteiger charge is -2.42. The minimum absolute atomic E-state index is 0.171. The van der Waals surface area contributed by atoms with Gasteiger partial charge in [0.25, 0.3) is 0 Å². The van der Waals surface area contributed by atoms with Crippen LogP contribution in [0.2, 0.25) is 0 Å².